The second-order valence-electron chi connectivity index (χ2n) is 16.4. The Bertz CT molecular complexity index is 2020. The Morgan fingerprint density at radius 3 is 2.38 bits per heavy atom. The second-order valence-corrected chi connectivity index (χ2v) is 17.6. The number of rotatable bonds is 11. The Morgan fingerprint density at radius 1 is 0.897 bits per heavy atom. The van der Waals surface area contributed by atoms with E-state index in [0.717, 1.165) is 90.8 Å². The van der Waals surface area contributed by atoms with Gasteiger partial charge in [0.1, 0.15) is 34.6 Å². The molecule has 6 heterocycles. The molecule has 3 N–H and O–H groups in total. The number of aromatic nitrogens is 2. The van der Waals surface area contributed by atoms with Crippen molar-refractivity contribution < 1.29 is 32.6 Å². The molecule has 1 unspecified atom stereocenters. The first-order valence-corrected chi connectivity index (χ1v) is 21.9. The molecule has 1 atom stereocenters. The number of hydrogen-bond donors (Lipinski definition) is 3. The van der Waals surface area contributed by atoms with Gasteiger partial charge in [0.15, 0.2) is 0 Å². The fourth-order valence-electron chi connectivity index (χ4n) is 9.10. The average molecular weight is 822 g/mol. The van der Waals surface area contributed by atoms with Crippen LogP contribution in [-0.4, -0.2) is 114 Å². The van der Waals surface area contributed by atoms with Crippen LogP contribution >= 0.6 is 11.8 Å². The molecule has 5 fully saturated rings. The fourth-order valence-corrected chi connectivity index (χ4v) is 10.2. The number of thioether (sulfide) groups is 1. The smallest absolute Gasteiger partial charge is 0.261 e. The summed E-state index contributed by atoms with van der Waals surface area (Å²) < 4.78 is 41.8. The molecular weight excluding hydrogens is 769 g/mol. The van der Waals surface area contributed by atoms with Crippen LogP contribution in [0.4, 0.5) is 20.2 Å². The van der Waals surface area contributed by atoms with E-state index in [2.05, 4.69) is 30.4 Å². The maximum absolute atomic E-state index is 15.2. The summed E-state index contributed by atoms with van der Waals surface area (Å²) in [6.45, 7) is 6.46. The third-order valence-corrected chi connectivity index (χ3v) is 13.9. The zero-order valence-corrected chi connectivity index (χ0v) is 33.6. The highest BCUT2D eigenvalue weighted by Crippen LogP contribution is 2.32. The lowest BCUT2D eigenvalue weighted by atomic mass is 9.90. The van der Waals surface area contributed by atoms with E-state index in [1.807, 2.05) is 4.90 Å². The Kier molecular flexibility index (Phi) is 12.8. The van der Waals surface area contributed by atoms with E-state index in [1.165, 1.54) is 12.1 Å². The van der Waals surface area contributed by atoms with Gasteiger partial charge >= 0.3 is 0 Å². The van der Waals surface area contributed by atoms with Crippen molar-refractivity contribution in [1.29, 1.82) is 0 Å². The number of halogens is 2. The van der Waals surface area contributed by atoms with Gasteiger partial charge in [0, 0.05) is 80.8 Å². The van der Waals surface area contributed by atoms with Gasteiger partial charge in [-0.2, -0.15) is 11.8 Å². The third-order valence-electron chi connectivity index (χ3n) is 12.5. The zero-order valence-electron chi connectivity index (χ0n) is 32.8. The molecule has 1 aromatic heterocycles. The highest BCUT2D eigenvalue weighted by atomic mass is 32.2. The minimum Gasteiger partial charge on any atom is -0.493 e. The van der Waals surface area contributed by atoms with Gasteiger partial charge in [-0.05, 0) is 95.0 Å². The van der Waals surface area contributed by atoms with Crippen LogP contribution in [-0.2, 0) is 24.9 Å². The molecule has 312 valence electrons. The molecule has 0 saturated carbocycles. The van der Waals surface area contributed by atoms with Crippen LogP contribution in [0.15, 0.2) is 35.1 Å². The molecule has 0 bridgehead atoms. The van der Waals surface area contributed by atoms with Gasteiger partial charge in [0.2, 0.25) is 17.7 Å². The van der Waals surface area contributed by atoms with Gasteiger partial charge in [-0.25, -0.2) is 13.8 Å². The number of carbonyl (C=O) groups is 3. The number of hydrogen-bond acceptors (Lipinski definition) is 11. The van der Waals surface area contributed by atoms with Crippen molar-refractivity contribution in [3.63, 3.8) is 0 Å². The van der Waals surface area contributed by atoms with Gasteiger partial charge in [0.25, 0.3) is 5.56 Å². The van der Waals surface area contributed by atoms with Gasteiger partial charge in [-0.15, -0.1) is 0 Å². The van der Waals surface area contributed by atoms with Gasteiger partial charge in [-0.3, -0.25) is 24.5 Å². The van der Waals surface area contributed by atoms with Crippen molar-refractivity contribution in [1.82, 2.24) is 25.1 Å². The van der Waals surface area contributed by atoms with Gasteiger partial charge in [0.05, 0.1) is 23.6 Å². The number of imide groups is 1. The summed E-state index contributed by atoms with van der Waals surface area (Å²) in [7, 11) is 0. The van der Waals surface area contributed by atoms with E-state index in [9.17, 15) is 19.2 Å². The van der Waals surface area contributed by atoms with Crippen LogP contribution in [0.2, 0.25) is 0 Å². The summed E-state index contributed by atoms with van der Waals surface area (Å²) in [5.41, 5.74) is 0.870. The molecule has 5 aliphatic heterocycles. The predicted molar refractivity (Wildman–Crippen MR) is 218 cm³/mol. The molecule has 3 amide bonds. The monoisotopic (exact) mass is 821 g/mol. The maximum Gasteiger partial charge on any atom is 0.261 e. The third kappa shape index (κ3) is 9.60. The number of amides is 3. The standard InChI is InChI=1S/C42H53F2N7O6S/c43-32-21-28(45-34-2-4-38(52)48-40(34)53)1-3-36(32)50-17-9-29(10-18-50)49-15-7-27(8-16-49)42(55)51-13-5-26(6-14-51)24-57-30-22-33(44)39-35(23-30)46-37(47-41(39)54)25-58-31-11-19-56-20-12-31/h1,3,21-23,26-27,29,31,34,45H,2,4-20,24-25H2,(H,46,47,54)(H,48,52,53). The predicted octanol–water partition coefficient (Wildman–Crippen LogP) is 4.83. The number of likely N-dealkylation sites (tertiary alicyclic amines) is 2. The lowest BCUT2D eigenvalue weighted by Gasteiger charge is -2.43. The molecule has 2 aromatic carbocycles. The van der Waals surface area contributed by atoms with E-state index in [1.54, 1.807) is 30.0 Å². The average Bonchev–Trinajstić information content (AvgIpc) is 3.23. The lowest BCUT2D eigenvalue weighted by molar-refractivity contribution is -0.139. The number of ether oxygens (including phenoxy) is 2. The Labute approximate surface area is 341 Å². The second kappa shape index (κ2) is 18.3. The molecule has 16 heteroatoms. The van der Waals surface area contributed by atoms with Gasteiger partial charge < -0.3 is 34.5 Å². The molecule has 0 radical (unpaired) electrons. The zero-order chi connectivity index (χ0) is 40.2. The van der Waals surface area contributed by atoms with E-state index >= 15 is 8.78 Å². The minimum atomic E-state index is -0.651. The number of H-pyrrole nitrogens is 1. The normalized spacial score (nSPS) is 22.3. The number of fused-ring (bicyclic) bond motifs is 1. The van der Waals surface area contributed by atoms with E-state index in [0.29, 0.717) is 71.6 Å². The molecular formula is C42H53F2N7O6S. The first-order valence-electron chi connectivity index (χ1n) is 20.9. The van der Waals surface area contributed by atoms with Crippen LogP contribution in [0, 0.1) is 23.5 Å². The lowest BCUT2D eigenvalue weighted by Crippen LogP contribution is -2.50. The van der Waals surface area contributed by atoms with E-state index < -0.39 is 17.4 Å². The van der Waals surface area contributed by atoms with Gasteiger partial charge in [-0.1, -0.05) is 0 Å². The number of nitrogens with one attached hydrogen (secondary N) is 3. The number of aromatic amines is 1. The summed E-state index contributed by atoms with van der Waals surface area (Å²) in [4.78, 5) is 63.8. The topological polar surface area (TPSA) is 149 Å². The fraction of sp³-hybridized carbons (Fsp3) is 0.595. The number of piperidine rings is 4. The molecule has 13 nitrogen and oxygen atoms in total. The Hall–Kier alpha value is -4.28. The molecule has 8 rings (SSSR count). The molecule has 3 aromatic rings. The molecule has 0 aliphatic carbocycles. The number of benzene rings is 2. The maximum atomic E-state index is 15.2. The summed E-state index contributed by atoms with van der Waals surface area (Å²) in [5.74, 6) is 0.231. The molecule has 58 heavy (non-hydrogen) atoms. The quantitative estimate of drug-likeness (QED) is 0.229. The van der Waals surface area contributed by atoms with Crippen LogP contribution in [0.5, 0.6) is 5.75 Å². The number of nitrogens with zero attached hydrogens (tertiary/aromatic N) is 4. The van der Waals surface area contributed by atoms with Crippen molar-refractivity contribution in [3.05, 3.63) is 58.1 Å². The Balaban J connectivity index is 0.753. The van der Waals surface area contributed by atoms with Crippen LogP contribution < -0.4 is 25.8 Å². The highest BCUT2D eigenvalue weighted by molar-refractivity contribution is 7.99. The number of carbonyl (C=O) groups excluding carboxylic acids is 3. The molecule has 5 saturated heterocycles. The number of anilines is 2. The SMILES string of the molecule is O=C1CCC(Nc2ccc(N3CCC(N4CCC(C(=O)N5CCC(COc6cc(F)c7c(=O)[nH]c(CSC8CCOCC8)nc7c6)CC5)CC4)CC3)c(F)c2)C(=O)N1. The van der Waals surface area contributed by atoms with E-state index in [4.69, 9.17) is 9.47 Å². The van der Waals surface area contributed by atoms with E-state index in [-0.39, 0.29) is 47.2 Å². The van der Waals surface area contributed by atoms with Crippen molar-refractivity contribution in [2.45, 2.75) is 87.3 Å². The molecule has 0 spiro atoms. The first-order chi connectivity index (χ1) is 28.2. The summed E-state index contributed by atoms with van der Waals surface area (Å²) in [6, 6.07) is 7.71. The minimum absolute atomic E-state index is 0.0155. The van der Waals surface area contributed by atoms with Crippen molar-refractivity contribution in [2.24, 2.45) is 11.8 Å². The van der Waals surface area contributed by atoms with Crippen molar-refractivity contribution in [2.75, 3.05) is 69.3 Å². The van der Waals surface area contributed by atoms with Crippen LogP contribution in [0.3, 0.4) is 0 Å². The summed E-state index contributed by atoms with van der Waals surface area (Å²) >= 11 is 1.73. The summed E-state index contributed by atoms with van der Waals surface area (Å²) in [6.07, 6.45) is 7.68. The van der Waals surface area contributed by atoms with Crippen molar-refractivity contribution >= 4 is 51.8 Å². The highest BCUT2D eigenvalue weighted by Gasteiger charge is 2.34. The molecule has 5 aliphatic rings. The van der Waals surface area contributed by atoms with Crippen LogP contribution in [0.25, 0.3) is 10.9 Å². The van der Waals surface area contributed by atoms with Crippen molar-refractivity contribution in [3.8, 4) is 5.75 Å². The first kappa shape index (κ1) is 40.5. The van der Waals surface area contributed by atoms with Crippen LogP contribution in [0.1, 0.15) is 70.0 Å². The largest absolute Gasteiger partial charge is 0.493 e. The Morgan fingerprint density at radius 2 is 1.66 bits per heavy atom. The summed E-state index contributed by atoms with van der Waals surface area (Å²) in [5, 5.41) is 5.76.